The van der Waals surface area contributed by atoms with E-state index in [0.29, 0.717) is 36.0 Å². The Kier molecular flexibility index (Phi) is 10.7. The maximum absolute atomic E-state index is 14.7. The molecule has 0 aliphatic heterocycles. The van der Waals surface area contributed by atoms with Gasteiger partial charge in [-0.1, -0.05) is 96.8 Å². The van der Waals surface area contributed by atoms with Gasteiger partial charge < -0.3 is 19.7 Å². The minimum Gasteiger partial charge on any atom is -0.458 e. The van der Waals surface area contributed by atoms with E-state index in [1.807, 2.05) is 19.9 Å². The van der Waals surface area contributed by atoms with E-state index in [1.165, 1.54) is 38.5 Å². The number of unbranched alkanes of at least 4 members (excludes halogenated alkanes) is 8. The third kappa shape index (κ3) is 6.01. The number of esters is 2. The average molecular weight is 627 g/mol. The molecule has 2 fully saturated rings. The summed E-state index contributed by atoms with van der Waals surface area (Å²) in [5.41, 5.74) is -1.28. The van der Waals surface area contributed by atoms with E-state index in [2.05, 4.69) is 20.8 Å². The monoisotopic (exact) mass is 626 g/mol. The number of hydrogen-bond acceptors (Lipinski definition) is 7. The fourth-order valence-corrected chi connectivity index (χ4v) is 8.98. The quantitative estimate of drug-likeness (QED) is 0.0899. The normalized spacial score (nSPS) is 34.4. The molecule has 4 aliphatic carbocycles. The minimum absolute atomic E-state index is 0.0609. The predicted molar refractivity (Wildman–Crippen MR) is 175 cm³/mol. The second-order valence-electron chi connectivity index (χ2n) is 15.4. The van der Waals surface area contributed by atoms with Crippen LogP contribution in [-0.2, 0) is 23.9 Å². The SMILES string of the molecule is CCCCCCCCCCCC(=O)OC12CCC34C=C(C)[C@H](O)[C@@]3(C)[C@H](O)C(COC(=O)C(C)=C(C)C)=C[C@H](C4=O)[C@@H]1C2(C)C. The Morgan fingerprint density at radius 1 is 0.911 bits per heavy atom. The molecule has 2 bridgehead atoms. The van der Waals surface area contributed by atoms with Gasteiger partial charge in [0.2, 0.25) is 0 Å². The van der Waals surface area contributed by atoms with E-state index < -0.39 is 45.9 Å². The molecule has 2 unspecified atom stereocenters. The number of carbonyl (C=O) groups is 3. The van der Waals surface area contributed by atoms with Crippen molar-refractivity contribution in [1.29, 1.82) is 0 Å². The summed E-state index contributed by atoms with van der Waals surface area (Å²) in [6, 6.07) is 0. The molecule has 4 rings (SSSR count). The lowest BCUT2D eigenvalue weighted by Gasteiger charge is -2.47. The van der Waals surface area contributed by atoms with Crippen LogP contribution in [0.5, 0.6) is 0 Å². The second-order valence-corrected chi connectivity index (χ2v) is 15.4. The highest BCUT2D eigenvalue weighted by Crippen LogP contribution is 2.75. The summed E-state index contributed by atoms with van der Waals surface area (Å²) < 4.78 is 12.1. The van der Waals surface area contributed by atoms with E-state index in [4.69, 9.17) is 9.47 Å². The van der Waals surface area contributed by atoms with Crippen LogP contribution in [0.3, 0.4) is 0 Å². The number of rotatable bonds is 14. The zero-order valence-electron chi connectivity index (χ0n) is 29.1. The number of ketones is 1. The van der Waals surface area contributed by atoms with Crippen LogP contribution in [0.4, 0.5) is 0 Å². The molecular formula is C38H58O7. The molecule has 7 nitrogen and oxygen atoms in total. The highest BCUT2D eigenvalue weighted by Gasteiger charge is 2.81. The molecule has 1 spiro atoms. The third-order valence-corrected chi connectivity index (χ3v) is 12.2. The molecule has 4 aliphatic rings. The first kappa shape index (κ1) is 35.6. The van der Waals surface area contributed by atoms with Crippen molar-refractivity contribution in [3.63, 3.8) is 0 Å². The van der Waals surface area contributed by atoms with Gasteiger partial charge in [0.1, 0.15) is 12.2 Å². The lowest BCUT2D eigenvalue weighted by atomic mass is 9.57. The highest BCUT2D eigenvalue weighted by atomic mass is 16.6. The van der Waals surface area contributed by atoms with Crippen LogP contribution in [0.25, 0.3) is 0 Å². The van der Waals surface area contributed by atoms with Gasteiger partial charge in [-0.3, -0.25) is 9.59 Å². The Labute approximate surface area is 270 Å². The summed E-state index contributed by atoms with van der Waals surface area (Å²) in [5, 5.41) is 23.4. The number of Topliss-reactive ketones (excluding diaryl/α,β-unsaturated/α-hetero) is 1. The Balaban J connectivity index is 1.56. The van der Waals surface area contributed by atoms with E-state index in [9.17, 15) is 24.6 Å². The molecule has 0 radical (unpaired) electrons. The molecule has 0 aromatic heterocycles. The molecule has 0 amide bonds. The van der Waals surface area contributed by atoms with Crippen molar-refractivity contribution in [2.45, 2.75) is 150 Å². The van der Waals surface area contributed by atoms with Crippen LogP contribution < -0.4 is 0 Å². The molecule has 7 heteroatoms. The number of ether oxygens (including phenoxy) is 2. The summed E-state index contributed by atoms with van der Waals surface area (Å²) >= 11 is 0. The summed E-state index contributed by atoms with van der Waals surface area (Å²) in [6.45, 7) is 15.1. The summed E-state index contributed by atoms with van der Waals surface area (Å²) in [7, 11) is 0. The first-order valence-electron chi connectivity index (χ1n) is 17.5. The molecule has 45 heavy (non-hydrogen) atoms. The Morgan fingerprint density at radius 3 is 2.11 bits per heavy atom. The van der Waals surface area contributed by atoms with E-state index in [1.54, 1.807) is 26.8 Å². The van der Waals surface area contributed by atoms with Gasteiger partial charge in [0, 0.05) is 34.7 Å². The minimum atomic E-state index is -1.25. The van der Waals surface area contributed by atoms with Crippen LogP contribution in [-0.4, -0.2) is 52.4 Å². The molecule has 7 atom stereocenters. The lowest BCUT2D eigenvalue weighted by Crippen LogP contribution is -2.55. The topological polar surface area (TPSA) is 110 Å². The van der Waals surface area contributed by atoms with Crippen LogP contribution in [0.15, 0.2) is 34.4 Å². The summed E-state index contributed by atoms with van der Waals surface area (Å²) in [4.78, 5) is 40.8. The molecule has 2 saturated carbocycles. The van der Waals surface area contributed by atoms with Crippen LogP contribution in [0.1, 0.15) is 132 Å². The van der Waals surface area contributed by atoms with E-state index in [0.717, 1.165) is 24.8 Å². The standard InChI is InChI=1S/C38H58O7/c1-9-10-11-12-13-14-15-16-17-18-29(39)45-38-20-19-37-22-25(4)31(40)36(37,8)32(41)27(23-44-34(43)26(5)24(2)3)21-28(33(37)42)30(38)35(38,6)7/h21-22,28,30-32,40-41H,9-20,23H2,1-8H3/t28-,30+,31-,32+,36-,37?,38?/m0/s1. The van der Waals surface area contributed by atoms with Crippen LogP contribution in [0, 0.1) is 28.1 Å². The van der Waals surface area contributed by atoms with Gasteiger partial charge in [0.25, 0.3) is 0 Å². The van der Waals surface area contributed by atoms with E-state index in [-0.39, 0.29) is 24.3 Å². The Hall–Kier alpha value is -2.25. The zero-order valence-corrected chi connectivity index (χ0v) is 29.1. The molecule has 2 N–H and O–H groups in total. The van der Waals surface area contributed by atoms with Crippen molar-refractivity contribution in [2.24, 2.45) is 28.1 Å². The fraction of sp³-hybridized carbons (Fsp3) is 0.763. The predicted octanol–water partition coefficient (Wildman–Crippen LogP) is 7.34. The number of hydrogen-bond donors (Lipinski definition) is 2. The maximum Gasteiger partial charge on any atom is 0.333 e. The Bertz CT molecular complexity index is 1250. The number of allylic oxidation sites excluding steroid dienone is 3. The van der Waals surface area contributed by atoms with Gasteiger partial charge in [-0.15, -0.1) is 0 Å². The molecular weight excluding hydrogens is 568 g/mol. The fourth-order valence-electron chi connectivity index (χ4n) is 8.98. The highest BCUT2D eigenvalue weighted by molar-refractivity contribution is 5.95. The number of aliphatic hydroxyl groups is 2. The van der Waals surface area contributed by atoms with Crippen molar-refractivity contribution < 1.29 is 34.1 Å². The van der Waals surface area contributed by atoms with E-state index >= 15 is 0 Å². The Morgan fingerprint density at radius 2 is 1.51 bits per heavy atom. The van der Waals surface area contributed by atoms with Gasteiger partial charge in [0.05, 0.1) is 17.6 Å². The molecule has 0 aromatic carbocycles. The molecule has 0 saturated heterocycles. The second kappa shape index (κ2) is 13.5. The summed E-state index contributed by atoms with van der Waals surface area (Å²) in [5.74, 6) is -1.70. The van der Waals surface area contributed by atoms with Crippen molar-refractivity contribution in [1.82, 2.24) is 0 Å². The van der Waals surface area contributed by atoms with Gasteiger partial charge >= 0.3 is 11.9 Å². The van der Waals surface area contributed by atoms with Crippen molar-refractivity contribution in [3.8, 4) is 0 Å². The zero-order chi connectivity index (χ0) is 33.4. The van der Waals surface area contributed by atoms with Gasteiger partial charge in [-0.25, -0.2) is 4.79 Å². The number of fused-ring (bicyclic) bond motifs is 3. The van der Waals surface area contributed by atoms with Crippen molar-refractivity contribution in [2.75, 3.05) is 6.61 Å². The molecule has 0 heterocycles. The van der Waals surface area contributed by atoms with Crippen molar-refractivity contribution in [3.05, 3.63) is 34.4 Å². The van der Waals surface area contributed by atoms with Gasteiger partial charge in [-0.05, 0) is 58.1 Å². The van der Waals surface area contributed by atoms with Gasteiger partial charge in [0.15, 0.2) is 5.78 Å². The number of aliphatic hydroxyl groups excluding tert-OH is 2. The molecule has 252 valence electrons. The summed E-state index contributed by atoms with van der Waals surface area (Å²) in [6.07, 6.45) is 13.1. The van der Waals surface area contributed by atoms with Crippen LogP contribution >= 0.6 is 0 Å². The number of carbonyl (C=O) groups excluding carboxylic acids is 3. The largest absolute Gasteiger partial charge is 0.458 e. The van der Waals surface area contributed by atoms with Gasteiger partial charge in [-0.2, -0.15) is 0 Å². The van der Waals surface area contributed by atoms with Crippen molar-refractivity contribution >= 4 is 17.7 Å². The lowest BCUT2D eigenvalue weighted by molar-refractivity contribution is -0.156. The van der Waals surface area contributed by atoms with Crippen LogP contribution in [0.2, 0.25) is 0 Å². The first-order valence-corrected chi connectivity index (χ1v) is 17.5. The smallest absolute Gasteiger partial charge is 0.333 e. The third-order valence-electron chi connectivity index (χ3n) is 12.2. The maximum atomic E-state index is 14.7. The average Bonchev–Trinajstić information content (AvgIpc) is 3.44. The molecule has 0 aromatic rings. The first-order chi connectivity index (χ1) is 21.1.